The second kappa shape index (κ2) is 4.51. The van der Waals surface area contributed by atoms with Crippen molar-refractivity contribution in [2.24, 2.45) is 0 Å². The highest BCUT2D eigenvalue weighted by Gasteiger charge is 2.23. The summed E-state index contributed by atoms with van der Waals surface area (Å²) in [6.45, 7) is 10.0. The molecule has 1 amide bonds. The molecule has 0 fully saturated rings. The molecule has 1 rings (SSSR count). The molecule has 0 unspecified atom stereocenters. The van der Waals surface area contributed by atoms with Crippen LogP contribution in [0.15, 0.2) is 24.4 Å². The van der Waals surface area contributed by atoms with Crippen molar-refractivity contribution in [1.29, 1.82) is 0 Å². The molecule has 0 radical (unpaired) electrons. The van der Waals surface area contributed by atoms with Crippen LogP contribution in [0, 0.1) is 0 Å². The largest absolute Gasteiger partial charge is 0.443 e. The zero-order valence-corrected chi connectivity index (χ0v) is 9.75. The zero-order valence-electron chi connectivity index (χ0n) is 9.75. The van der Waals surface area contributed by atoms with E-state index < -0.39 is 5.60 Å². The molecule has 0 atom stereocenters. The summed E-state index contributed by atoms with van der Waals surface area (Å²) in [7, 11) is 0. The number of hydrogen-bond donors (Lipinski definition) is 0. The van der Waals surface area contributed by atoms with Crippen LogP contribution >= 0.6 is 0 Å². The molecule has 15 heavy (non-hydrogen) atoms. The molecule has 0 spiro atoms. The summed E-state index contributed by atoms with van der Waals surface area (Å²) >= 11 is 0. The third kappa shape index (κ3) is 3.78. The van der Waals surface area contributed by atoms with Gasteiger partial charge < -0.3 is 4.74 Å². The van der Waals surface area contributed by atoms with E-state index >= 15 is 0 Å². The third-order valence-electron chi connectivity index (χ3n) is 2.05. The number of nitrogens with zero attached hydrogens (tertiary/aromatic N) is 1. The average Bonchev–Trinajstić information content (AvgIpc) is 2.50. The fourth-order valence-corrected chi connectivity index (χ4v) is 1.42. The molecule has 0 bridgehead atoms. The van der Waals surface area contributed by atoms with E-state index in [1.54, 1.807) is 4.90 Å². The number of amides is 1. The highest BCUT2D eigenvalue weighted by Crippen LogP contribution is 2.20. The lowest BCUT2D eigenvalue weighted by molar-refractivity contribution is 0.0349. The van der Waals surface area contributed by atoms with Gasteiger partial charge in [-0.3, -0.25) is 4.90 Å². The smallest absolute Gasteiger partial charge is 0.414 e. The first kappa shape index (κ1) is 11.8. The van der Waals surface area contributed by atoms with Gasteiger partial charge >= 0.3 is 6.09 Å². The van der Waals surface area contributed by atoms with Crippen LogP contribution < -0.4 is 0 Å². The van der Waals surface area contributed by atoms with Crippen molar-refractivity contribution >= 4 is 6.09 Å². The van der Waals surface area contributed by atoms with Gasteiger partial charge in [0.2, 0.25) is 0 Å². The molecule has 1 aliphatic heterocycles. The Morgan fingerprint density at radius 1 is 1.67 bits per heavy atom. The number of allylic oxidation sites excluding steroid dienone is 1. The molecule has 0 aromatic heterocycles. The molecule has 0 saturated heterocycles. The maximum absolute atomic E-state index is 11.6. The second-order valence-corrected chi connectivity index (χ2v) is 4.70. The fraction of sp³-hybridized carbons (Fsp3) is 0.583. The maximum Gasteiger partial charge on any atom is 0.414 e. The lowest BCUT2D eigenvalue weighted by Crippen LogP contribution is -2.32. The highest BCUT2D eigenvalue weighted by atomic mass is 16.6. The van der Waals surface area contributed by atoms with E-state index in [1.165, 1.54) is 5.57 Å². The second-order valence-electron chi connectivity index (χ2n) is 4.70. The molecule has 3 nitrogen and oxygen atoms in total. The lowest BCUT2D eigenvalue weighted by Gasteiger charge is -2.23. The Hall–Kier alpha value is -1.25. The van der Waals surface area contributed by atoms with Crippen LogP contribution in [0.5, 0.6) is 0 Å². The predicted octanol–water partition coefficient (Wildman–Crippen LogP) is 3.09. The average molecular weight is 209 g/mol. The first-order valence-electron chi connectivity index (χ1n) is 5.22. The first-order valence-corrected chi connectivity index (χ1v) is 5.22. The quantitative estimate of drug-likeness (QED) is 0.654. The minimum Gasteiger partial charge on any atom is -0.443 e. The van der Waals surface area contributed by atoms with Crippen molar-refractivity contribution in [3.8, 4) is 0 Å². The van der Waals surface area contributed by atoms with Crippen LogP contribution in [0.3, 0.4) is 0 Å². The van der Waals surface area contributed by atoms with E-state index in [9.17, 15) is 4.79 Å². The van der Waals surface area contributed by atoms with Crippen molar-refractivity contribution in [3.63, 3.8) is 0 Å². The van der Waals surface area contributed by atoms with Crippen molar-refractivity contribution in [3.05, 3.63) is 24.4 Å². The van der Waals surface area contributed by atoms with Gasteiger partial charge in [0.05, 0.1) is 0 Å². The summed E-state index contributed by atoms with van der Waals surface area (Å²) < 4.78 is 5.26. The Morgan fingerprint density at radius 3 is 2.87 bits per heavy atom. The molecular weight excluding hydrogens is 190 g/mol. The molecule has 0 aromatic carbocycles. The van der Waals surface area contributed by atoms with Crippen LogP contribution in [0.25, 0.3) is 0 Å². The van der Waals surface area contributed by atoms with Gasteiger partial charge in [0.15, 0.2) is 0 Å². The van der Waals surface area contributed by atoms with E-state index in [2.05, 4.69) is 6.58 Å². The number of carbonyl (C=O) groups excluding carboxylic acids is 1. The van der Waals surface area contributed by atoms with Gasteiger partial charge in [0.25, 0.3) is 0 Å². The summed E-state index contributed by atoms with van der Waals surface area (Å²) in [6.07, 6.45) is 5.23. The summed E-state index contributed by atoms with van der Waals surface area (Å²) in [5, 5.41) is 0. The van der Waals surface area contributed by atoms with Gasteiger partial charge in [0.1, 0.15) is 5.60 Å². The molecule has 1 heterocycles. The SMILES string of the molecule is C=CCC1=CN(C(=O)OC(C)(C)C)CC1. The normalized spacial score (nSPS) is 16.2. The molecule has 1 aliphatic rings. The van der Waals surface area contributed by atoms with E-state index in [4.69, 9.17) is 4.74 Å². The number of carbonyl (C=O) groups is 1. The molecule has 0 N–H and O–H groups in total. The lowest BCUT2D eigenvalue weighted by atomic mass is 10.2. The van der Waals surface area contributed by atoms with Crippen molar-refractivity contribution in [2.75, 3.05) is 6.54 Å². The standard InChI is InChI=1S/C12H19NO2/c1-5-6-10-7-8-13(9-10)11(14)15-12(2,3)4/h5,9H,1,6-8H2,2-4H3. The van der Waals surface area contributed by atoms with Crippen LogP contribution in [-0.4, -0.2) is 23.1 Å². The summed E-state index contributed by atoms with van der Waals surface area (Å²) in [5.41, 5.74) is 0.808. The first-order chi connectivity index (χ1) is 6.92. The Morgan fingerprint density at radius 2 is 2.33 bits per heavy atom. The van der Waals surface area contributed by atoms with Crippen molar-refractivity contribution in [1.82, 2.24) is 4.90 Å². The van der Waals surface area contributed by atoms with Gasteiger partial charge in [0, 0.05) is 12.7 Å². The van der Waals surface area contributed by atoms with Gasteiger partial charge in [-0.05, 0) is 39.2 Å². The minimum absolute atomic E-state index is 0.262. The van der Waals surface area contributed by atoms with Gasteiger partial charge in [-0.2, -0.15) is 0 Å². The predicted molar refractivity (Wildman–Crippen MR) is 60.5 cm³/mol. The monoisotopic (exact) mass is 209 g/mol. The molecule has 0 aliphatic carbocycles. The maximum atomic E-state index is 11.6. The van der Waals surface area contributed by atoms with Gasteiger partial charge in [-0.1, -0.05) is 6.08 Å². The Balaban J connectivity index is 2.53. The summed E-state index contributed by atoms with van der Waals surface area (Å²) in [6, 6.07) is 0. The van der Waals surface area contributed by atoms with Crippen molar-refractivity contribution in [2.45, 2.75) is 39.2 Å². The van der Waals surface area contributed by atoms with E-state index in [1.807, 2.05) is 33.0 Å². The minimum atomic E-state index is -0.424. The highest BCUT2D eigenvalue weighted by molar-refractivity contribution is 5.70. The number of rotatable bonds is 2. The van der Waals surface area contributed by atoms with Gasteiger partial charge in [-0.15, -0.1) is 6.58 Å². The molecule has 84 valence electrons. The Kier molecular flexibility index (Phi) is 3.56. The molecule has 3 heteroatoms. The van der Waals surface area contributed by atoms with E-state index in [0.717, 1.165) is 19.4 Å². The fourth-order valence-electron chi connectivity index (χ4n) is 1.42. The summed E-state index contributed by atoms with van der Waals surface area (Å²) in [4.78, 5) is 13.3. The molecular formula is C12H19NO2. The van der Waals surface area contributed by atoms with E-state index in [-0.39, 0.29) is 6.09 Å². The van der Waals surface area contributed by atoms with Crippen molar-refractivity contribution < 1.29 is 9.53 Å². The Labute approximate surface area is 91.4 Å². The van der Waals surface area contributed by atoms with Crippen LogP contribution in [0.1, 0.15) is 33.6 Å². The number of hydrogen-bond acceptors (Lipinski definition) is 2. The van der Waals surface area contributed by atoms with Crippen LogP contribution in [0.4, 0.5) is 4.79 Å². The van der Waals surface area contributed by atoms with E-state index in [0.29, 0.717) is 0 Å². The zero-order chi connectivity index (χ0) is 11.5. The van der Waals surface area contributed by atoms with Crippen LogP contribution in [-0.2, 0) is 4.74 Å². The topological polar surface area (TPSA) is 29.5 Å². The molecule has 0 aromatic rings. The van der Waals surface area contributed by atoms with Crippen LogP contribution in [0.2, 0.25) is 0 Å². The molecule has 0 saturated carbocycles. The summed E-state index contributed by atoms with van der Waals surface area (Å²) in [5.74, 6) is 0. The third-order valence-corrected chi connectivity index (χ3v) is 2.05. The number of ether oxygens (including phenoxy) is 1. The Bertz CT molecular complexity index is 286. The van der Waals surface area contributed by atoms with Gasteiger partial charge in [-0.25, -0.2) is 4.79 Å².